The first-order valence-electron chi connectivity index (χ1n) is 5.58. The van der Waals surface area contributed by atoms with Gasteiger partial charge in [0, 0.05) is 10.6 Å². The standard InChI is InChI=1S/C14H8Cl2N2O/c15-10-6-7-12(16)11(8-10)14-18-17-13(19-14)9-4-2-1-3-5-9/h1-8H. The third kappa shape index (κ3) is 2.48. The van der Waals surface area contributed by atoms with Gasteiger partial charge in [-0.25, -0.2) is 0 Å². The molecule has 1 aromatic heterocycles. The van der Waals surface area contributed by atoms with Gasteiger partial charge in [0.2, 0.25) is 11.8 Å². The molecule has 0 aliphatic carbocycles. The van der Waals surface area contributed by atoms with E-state index in [9.17, 15) is 0 Å². The van der Waals surface area contributed by atoms with E-state index in [2.05, 4.69) is 10.2 Å². The molecule has 0 spiro atoms. The molecule has 1 heterocycles. The predicted octanol–water partition coefficient (Wildman–Crippen LogP) is 4.71. The van der Waals surface area contributed by atoms with E-state index in [0.29, 0.717) is 27.4 Å². The van der Waals surface area contributed by atoms with Crippen molar-refractivity contribution < 1.29 is 4.42 Å². The van der Waals surface area contributed by atoms with Crippen LogP contribution >= 0.6 is 23.2 Å². The predicted molar refractivity (Wildman–Crippen MR) is 75.2 cm³/mol. The zero-order valence-corrected chi connectivity index (χ0v) is 11.2. The maximum Gasteiger partial charge on any atom is 0.249 e. The lowest BCUT2D eigenvalue weighted by molar-refractivity contribution is 0.584. The molecule has 0 radical (unpaired) electrons. The van der Waals surface area contributed by atoms with Gasteiger partial charge in [-0.1, -0.05) is 41.4 Å². The molecule has 3 nitrogen and oxygen atoms in total. The molecular weight excluding hydrogens is 283 g/mol. The van der Waals surface area contributed by atoms with Crippen molar-refractivity contribution in [3.8, 4) is 22.9 Å². The van der Waals surface area contributed by atoms with Crippen molar-refractivity contribution >= 4 is 23.2 Å². The van der Waals surface area contributed by atoms with Crippen LogP contribution < -0.4 is 0 Å². The van der Waals surface area contributed by atoms with E-state index < -0.39 is 0 Å². The molecule has 0 amide bonds. The molecule has 5 heteroatoms. The van der Waals surface area contributed by atoms with E-state index in [4.69, 9.17) is 27.6 Å². The lowest BCUT2D eigenvalue weighted by Crippen LogP contribution is -1.79. The maximum absolute atomic E-state index is 6.10. The molecule has 94 valence electrons. The van der Waals surface area contributed by atoms with E-state index in [1.54, 1.807) is 18.2 Å². The topological polar surface area (TPSA) is 38.9 Å². The Morgan fingerprint density at radius 3 is 2.37 bits per heavy atom. The van der Waals surface area contributed by atoms with Crippen molar-refractivity contribution in [3.05, 3.63) is 58.6 Å². The molecule has 2 aromatic carbocycles. The fourth-order valence-corrected chi connectivity index (χ4v) is 2.06. The number of hydrogen-bond acceptors (Lipinski definition) is 3. The minimum absolute atomic E-state index is 0.353. The van der Waals surface area contributed by atoms with Gasteiger partial charge in [0.1, 0.15) is 0 Å². The van der Waals surface area contributed by atoms with Gasteiger partial charge in [-0.05, 0) is 30.3 Å². The highest BCUT2D eigenvalue weighted by Gasteiger charge is 2.13. The number of nitrogens with zero attached hydrogens (tertiary/aromatic N) is 2. The minimum Gasteiger partial charge on any atom is -0.416 e. The Morgan fingerprint density at radius 2 is 1.58 bits per heavy atom. The van der Waals surface area contributed by atoms with E-state index in [0.717, 1.165) is 5.56 Å². The normalized spacial score (nSPS) is 10.6. The molecule has 0 bridgehead atoms. The molecule has 0 fully saturated rings. The van der Waals surface area contributed by atoms with Gasteiger partial charge in [0.05, 0.1) is 10.6 Å². The van der Waals surface area contributed by atoms with Gasteiger partial charge in [0.15, 0.2) is 0 Å². The summed E-state index contributed by atoms with van der Waals surface area (Å²) in [6, 6.07) is 14.7. The van der Waals surface area contributed by atoms with E-state index in [-0.39, 0.29) is 0 Å². The van der Waals surface area contributed by atoms with Crippen molar-refractivity contribution in [2.45, 2.75) is 0 Å². The lowest BCUT2D eigenvalue weighted by atomic mass is 10.2. The molecule has 0 unspecified atom stereocenters. The van der Waals surface area contributed by atoms with Crippen molar-refractivity contribution in [1.29, 1.82) is 0 Å². The van der Waals surface area contributed by atoms with Crippen LogP contribution in [0.1, 0.15) is 0 Å². The van der Waals surface area contributed by atoms with Gasteiger partial charge >= 0.3 is 0 Å². The maximum atomic E-state index is 6.10. The highest BCUT2D eigenvalue weighted by molar-refractivity contribution is 6.35. The Hall–Kier alpha value is -1.84. The van der Waals surface area contributed by atoms with Crippen molar-refractivity contribution in [2.75, 3.05) is 0 Å². The Morgan fingerprint density at radius 1 is 0.842 bits per heavy atom. The van der Waals surface area contributed by atoms with E-state index >= 15 is 0 Å². The van der Waals surface area contributed by atoms with Gasteiger partial charge < -0.3 is 4.42 Å². The van der Waals surface area contributed by atoms with Gasteiger partial charge in [-0.2, -0.15) is 0 Å². The van der Waals surface area contributed by atoms with Crippen LogP contribution in [-0.2, 0) is 0 Å². The van der Waals surface area contributed by atoms with Crippen LogP contribution in [0.5, 0.6) is 0 Å². The molecule has 0 atom stereocenters. The first-order valence-corrected chi connectivity index (χ1v) is 6.34. The van der Waals surface area contributed by atoms with E-state index in [1.165, 1.54) is 0 Å². The third-order valence-electron chi connectivity index (χ3n) is 2.60. The quantitative estimate of drug-likeness (QED) is 0.686. The SMILES string of the molecule is Clc1ccc(Cl)c(-c2nnc(-c3ccccc3)o2)c1. The average molecular weight is 291 g/mol. The van der Waals surface area contributed by atoms with Crippen LogP contribution in [0.2, 0.25) is 10.0 Å². The van der Waals surface area contributed by atoms with Crippen LogP contribution in [0.15, 0.2) is 52.9 Å². The van der Waals surface area contributed by atoms with Crippen LogP contribution in [0, 0.1) is 0 Å². The van der Waals surface area contributed by atoms with Gasteiger partial charge in [0.25, 0.3) is 0 Å². The molecule has 19 heavy (non-hydrogen) atoms. The Bertz CT molecular complexity index is 710. The Kier molecular flexibility index (Phi) is 3.23. The van der Waals surface area contributed by atoms with Gasteiger partial charge in [-0.15, -0.1) is 10.2 Å². The molecule has 3 rings (SSSR count). The molecular formula is C14H8Cl2N2O. The van der Waals surface area contributed by atoms with Crippen LogP contribution in [0.4, 0.5) is 0 Å². The summed E-state index contributed by atoms with van der Waals surface area (Å²) in [6.07, 6.45) is 0. The number of aromatic nitrogens is 2. The summed E-state index contributed by atoms with van der Waals surface area (Å²) in [4.78, 5) is 0. The number of halogens is 2. The fraction of sp³-hybridized carbons (Fsp3) is 0. The summed E-state index contributed by atoms with van der Waals surface area (Å²) in [6.45, 7) is 0. The van der Waals surface area contributed by atoms with E-state index in [1.807, 2.05) is 30.3 Å². The number of rotatable bonds is 2. The largest absolute Gasteiger partial charge is 0.416 e. The molecule has 3 aromatic rings. The number of benzene rings is 2. The Balaban J connectivity index is 2.04. The third-order valence-corrected chi connectivity index (χ3v) is 3.17. The summed E-state index contributed by atoms with van der Waals surface area (Å²) in [7, 11) is 0. The van der Waals surface area contributed by atoms with Crippen LogP contribution in [0.3, 0.4) is 0 Å². The van der Waals surface area contributed by atoms with Crippen molar-refractivity contribution in [1.82, 2.24) is 10.2 Å². The molecule has 0 aliphatic heterocycles. The Labute approximate surface area is 119 Å². The summed E-state index contributed by atoms with van der Waals surface area (Å²) in [5.41, 5.74) is 1.49. The second-order valence-electron chi connectivity index (χ2n) is 3.90. The second-order valence-corrected chi connectivity index (χ2v) is 4.75. The molecule has 0 N–H and O–H groups in total. The zero-order valence-electron chi connectivity index (χ0n) is 9.68. The lowest BCUT2D eigenvalue weighted by Gasteiger charge is -1.99. The molecule has 0 aliphatic rings. The summed E-state index contributed by atoms with van der Waals surface area (Å²) >= 11 is 12.0. The summed E-state index contributed by atoms with van der Waals surface area (Å²) in [5.74, 6) is 0.804. The smallest absolute Gasteiger partial charge is 0.249 e. The zero-order chi connectivity index (χ0) is 13.2. The van der Waals surface area contributed by atoms with Crippen molar-refractivity contribution in [3.63, 3.8) is 0 Å². The summed E-state index contributed by atoms with van der Waals surface area (Å²) < 4.78 is 5.63. The first-order chi connectivity index (χ1) is 9.24. The first kappa shape index (κ1) is 12.2. The summed E-state index contributed by atoms with van der Waals surface area (Å²) in [5, 5.41) is 9.11. The minimum atomic E-state index is 0.353. The molecule has 0 saturated heterocycles. The average Bonchev–Trinajstić information content (AvgIpc) is 2.92. The molecule has 0 saturated carbocycles. The van der Waals surface area contributed by atoms with Crippen molar-refractivity contribution in [2.24, 2.45) is 0 Å². The highest BCUT2D eigenvalue weighted by Crippen LogP contribution is 2.31. The van der Waals surface area contributed by atoms with Gasteiger partial charge in [-0.3, -0.25) is 0 Å². The van der Waals surface area contributed by atoms with Crippen LogP contribution in [0.25, 0.3) is 22.9 Å². The monoisotopic (exact) mass is 290 g/mol. The highest BCUT2D eigenvalue weighted by atomic mass is 35.5. The fourth-order valence-electron chi connectivity index (χ4n) is 1.69. The second kappa shape index (κ2) is 5.03. The number of hydrogen-bond donors (Lipinski definition) is 0. The van der Waals surface area contributed by atoms with Crippen LogP contribution in [-0.4, -0.2) is 10.2 Å².